The summed E-state index contributed by atoms with van der Waals surface area (Å²) in [7, 11) is -4.27. The standard InChI is InChI=1S/C6H12N4O4S/c1-3-9-6(11)10(8-7-9)4-5-14-15(2,12)13/h3-5H2,1-2H3/i4D2,5D2. The third-order valence-corrected chi connectivity index (χ3v) is 1.67. The largest absolute Gasteiger partial charge is 0.363 e. The Labute approximate surface area is 92.2 Å². The van der Waals surface area contributed by atoms with Crippen LogP contribution in [-0.2, 0) is 27.3 Å². The predicted molar refractivity (Wildman–Crippen MR) is 50.8 cm³/mol. The first-order valence-corrected chi connectivity index (χ1v) is 5.68. The minimum absolute atomic E-state index is 0.0989. The van der Waals surface area contributed by atoms with Crippen molar-refractivity contribution >= 4 is 10.1 Å². The zero-order valence-electron chi connectivity index (χ0n) is 12.0. The Morgan fingerprint density at radius 1 is 1.47 bits per heavy atom. The summed E-state index contributed by atoms with van der Waals surface area (Å²) in [6.45, 7) is -4.82. The third kappa shape index (κ3) is 3.44. The predicted octanol–water partition coefficient (Wildman–Crippen LogP) is -1.56. The van der Waals surface area contributed by atoms with E-state index in [4.69, 9.17) is 5.48 Å². The van der Waals surface area contributed by atoms with Crippen LogP contribution in [-0.4, -0.2) is 41.0 Å². The summed E-state index contributed by atoms with van der Waals surface area (Å²) >= 11 is 0. The maximum Gasteiger partial charge on any atom is 0.363 e. The van der Waals surface area contributed by atoms with Gasteiger partial charge in [-0.25, -0.2) is 4.79 Å². The van der Waals surface area contributed by atoms with E-state index in [-0.39, 0.29) is 11.2 Å². The molecule has 0 aliphatic heterocycles. The van der Waals surface area contributed by atoms with Gasteiger partial charge in [-0.05, 0) is 17.4 Å². The number of hydrogen-bond donors (Lipinski definition) is 0. The van der Waals surface area contributed by atoms with Crippen molar-refractivity contribution in [3.8, 4) is 0 Å². The molecule has 0 radical (unpaired) electrons. The first kappa shape index (κ1) is 7.12. The molecule has 0 N–H and O–H groups in total. The molecule has 1 aromatic rings. The molecule has 0 saturated heterocycles. The number of aromatic nitrogens is 4. The fraction of sp³-hybridized carbons (Fsp3) is 0.833. The second-order valence-electron chi connectivity index (χ2n) is 2.49. The molecule has 0 aliphatic carbocycles. The van der Waals surface area contributed by atoms with Crippen molar-refractivity contribution < 1.29 is 18.1 Å². The van der Waals surface area contributed by atoms with Crippen LogP contribution in [0.2, 0.25) is 0 Å². The highest BCUT2D eigenvalue weighted by Gasteiger charge is 2.06. The Balaban J connectivity index is 3.29. The van der Waals surface area contributed by atoms with Gasteiger partial charge in [0.2, 0.25) is 0 Å². The smallest absolute Gasteiger partial charge is 0.268 e. The Hall–Kier alpha value is -1.22. The van der Waals surface area contributed by atoms with E-state index in [1.165, 1.54) is 0 Å². The summed E-state index contributed by atoms with van der Waals surface area (Å²) < 4.78 is 56.5. The van der Waals surface area contributed by atoms with Gasteiger partial charge in [-0.1, -0.05) is 0 Å². The third-order valence-electron chi connectivity index (χ3n) is 1.28. The average Bonchev–Trinajstić information content (AvgIpc) is 2.55. The molecule has 0 unspecified atom stereocenters. The maximum absolute atomic E-state index is 11.6. The summed E-state index contributed by atoms with van der Waals surface area (Å²) in [6.07, 6.45) is 0.562. The van der Waals surface area contributed by atoms with Crippen LogP contribution in [0.3, 0.4) is 0 Å². The summed E-state index contributed by atoms with van der Waals surface area (Å²) in [4.78, 5) is 11.6. The molecule has 0 aromatic carbocycles. The van der Waals surface area contributed by atoms with Gasteiger partial charge in [-0.15, -0.1) is 0 Å². The highest BCUT2D eigenvalue weighted by molar-refractivity contribution is 7.85. The molecule has 0 fully saturated rings. The maximum atomic E-state index is 11.6. The second-order valence-corrected chi connectivity index (χ2v) is 4.07. The number of nitrogens with zero attached hydrogens (tertiary/aromatic N) is 4. The SMILES string of the molecule is [2H]C([2H])(OS(C)(=O)=O)C([2H])([2H])n1nnn(CC)c1=O. The monoisotopic (exact) mass is 240 g/mol. The van der Waals surface area contributed by atoms with Crippen LogP contribution in [0.1, 0.15) is 12.4 Å². The van der Waals surface area contributed by atoms with Gasteiger partial charge in [0.05, 0.1) is 24.8 Å². The van der Waals surface area contributed by atoms with E-state index in [0.29, 0.717) is 6.26 Å². The molecule has 1 heterocycles. The minimum Gasteiger partial charge on any atom is -0.268 e. The lowest BCUT2D eigenvalue weighted by atomic mass is 10.7. The summed E-state index contributed by atoms with van der Waals surface area (Å²) in [6, 6.07) is 0. The van der Waals surface area contributed by atoms with Crippen LogP contribution in [0.25, 0.3) is 0 Å². The highest BCUT2D eigenvalue weighted by Crippen LogP contribution is 1.86. The first-order valence-electron chi connectivity index (χ1n) is 5.86. The molecule has 1 aromatic heterocycles. The fourth-order valence-corrected chi connectivity index (χ4v) is 0.869. The van der Waals surface area contributed by atoms with Gasteiger partial charge in [0.1, 0.15) is 0 Å². The lowest BCUT2D eigenvalue weighted by Crippen LogP contribution is -2.26. The van der Waals surface area contributed by atoms with E-state index in [0.717, 1.165) is 4.68 Å². The van der Waals surface area contributed by atoms with E-state index < -0.39 is 28.9 Å². The van der Waals surface area contributed by atoms with Gasteiger partial charge in [0.25, 0.3) is 10.1 Å². The van der Waals surface area contributed by atoms with Gasteiger partial charge in [0.15, 0.2) is 0 Å². The number of rotatable bonds is 5. The van der Waals surface area contributed by atoms with Gasteiger partial charge < -0.3 is 0 Å². The Kier molecular flexibility index (Phi) is 2.15. The van der Waals surface area contributed by atoms with Crippen LogP contribution in [0.4, 0.5) is 0 Å². The molecule has 0 spiro atoms. The Bertz CT molecular complexity index is 621. The topological polar surface area (TPSA) is 96.1 Å². The summed E-state index contributed by atoms with van der Waals surface area (Å²) in [5.41, 5.74) is -1.02. The molecular weight excluding hydrogens is 224 g/mol. The molecule has 0 amide bonds. The van der Waals surface area contributed by atoms with Crippen molar-refractivity contribution in [2.45, 2.75) is 20.0 Å². The van der Waals surface area contributed by atoms with Crippen molar-refractivity contribution in [2.24, 2.45) is 0 Å². The Morgan fingerprint density at radius 2 is 2.07 bits per heavy atom. The highest BCUT2D eigenvalue weighted by atomic mass is 32.2. The molecule has 86 valence electrons. The number of aryl methyl sites for hydroxylation is 2. The normalized spacial score (nSPS) is 17.7. The quantitative estimate of drug-likeness (QED) is 0.577. The summed E-state index contributed by atoms with van der Waals surface area (Å²) in [5, 5.41) is 6.50. The fourth-order valence-electron chi connectivity index (χ4n) is 0.680. The lowest BCUT2D eigenvalue weighted by Gasteiger charge is -1.99. The van der Waals surface area contributed by atoms with Crippen LogP contribution in [0.15, 0.2) is 4.79 Å². The van der Waals surface area contributed by atoms with Crippen LogP contribution >= 0.6 is 0 Å². The van der Waals surface area contributed by atoms with Crippen LogP contribution < -0.4 is 5.69 Å². The van der Waals surface area contributed by atoms with Crippen LogP contribution in [0, 0.1) is 0 Å². The molecule has 0 saturated carbocycles. The summed E-state index contributed by atoms with van der Waals surface area (Å²) in [5.74, 6) is 0. The van der Waals surface area contributed by atoms with E-state index in [1.807, 2.05) is 0 Å². The Morgan fingerprint density at radius 3 is 2.53 bits per heavy atom. The minimum atomic E-state index is -4.27. The van der Waals surface area contributed by atoms with E-state index in [1.54, 1.807) is 6.92 Å². The van der Waals surface area contributed by atoms with Gasteiger partial charge >= 0.3 is 5.69 Å². The van der Waals surface area contributed by atoms with Crippen molar-refractivity contribution in [1.29, 1.82) is 0 Å². The molecule has 0 atom stereocenters. The zero-order chi connectivity index (χ0) is 15.1. The molecule has 9 heteroatoms. The first-order chi connectivity index (χ1) is 8.42. The van der Waals surface area contributed by atoms with E-state index >= 15 is 0 Å². The second kappa shape index (κ2) is 4.53. The van der Waals surface area contributed by atoms with E-state index in [9.17, 15) is 13.2 Å². The van der Waals surface area contributed by atoms with Crippen molar-refractivity contribution in [1.82, 2.24) is 19.8 Å². The lowest BCUT2D eigenvalue weighted by molar-refractivity contribution is 0.293. The average molecular weight is 240 g/mol. The van der Waals surface area contributed by atoms with Crippen molar-refractivity contribution in [3.63, 3.8) is 0 Å². The molecule has 0 aliphatic rings. The molecule has 8 nitrogen and oxygen atoms in total. The van der Waals surface area contributed by atoms with Gasteiger partial charge in [0, 0.05) is 6.54 Å². The molecule has 0 bridgehead atoms. The van der Waals surface area contributed by atoms with Crippen molar-refractivity contribution in [2.75, 3.05) is 12.8 Å². The molecule has 15 heavy (non-hydrogen) atoms. The molecule has 1 rings (SSSR count). The number of hydrogen-bond acceptors (Lipinski definition) is 6. The zero-order valence-corrected chi connectivity index (χ0v) is 8.85. The van der Waals surface area contributed by atoms with Gasteiger partial charge in [-0.2, -0.15) is 17.8 Å². The van der Waals surface area contributed by atoms with Gasteiger partial charge in [-0.3, -0.25) is 4.18 Å². The van der Waals surface area contributed by atoms with Crippen molar-refractivity contribution in [3.05, 3.63) is 10.5 Å². The molecular formula is C6H12N4O4S. The number of tetrazole rings is 1. The van der Waals surface area contributed by atoms with Crippen LogP contribution in [0.5, 0.6) is 0 Å². The van der Waals surface area contributed by atoms with E-state index in [2.05, 4.69) is 14.6 Å².